The zero-order chi connectivity index (χ0) is 9.03. The molecule has 1 heterocycles. The van der Waals surface area contributed by atoms with Crippen LogP contribution in [0.4, 0.5) is 0 Å². The van der Waals surface area contributed by atoms with Crippen molar-refractivity contribution in [2.45, 2.75) is 10.7 Å². The Labute approximate surface area is 81.5 Å². The molecule has 0 saturated carbocycles. The molecule has 0 N–H and O–H groups in total. The minimum Gasteiger partial charge on any atom is -0.311 e. The van der Waals surface area contributed by atoms with E-state index in [4.69, 9.17) is 9.05 Å². The van der Waals surface area contributed by atoms with Crippen LogP contribution < -0.4 is 0 Å². The van der Waals surface area contributed by atoms with Crippen LogP contribution in [0.15, 0.2) is 0 Å². The normalized spacial score (nSPS) is 21.2. The lowest BCUT2D eigenvalue weighted by Gasteiger charge is -2.26. The molecule has 0 aromatic heterocycles. The summed E-state index contributed by atoms with van der Waals surface area (Å²) in [6.45, 7) is 0. The average molecular weight is 228 g/mol. The lowest BCUT2D eigenvalue weighted by molar-refractivity contribution is 0.279. The Bertz CT molecular complexity index is 174. The van der Waals surface area contributed by atoms with Crippen LogP contribution in [0.5, 0.6) is 0 Å². The van der Waals surface area contributed by atoms with Crippen LogP contribution in [-0.4, -0.2) is 30.0 Å². The first-order valence-electron chi connectivity index (χ1n) is 3.67. The summed E-state index contributed by atoms with van der Waals surface area (Å²) in [5.41, 5.74) is 0. The quantitative estimate of drug-likeness (QED) is 0.694. The third-order valence-corrected chi connectivity index (χ3v) is 7.99. The summed E-state index contributed by atoms with van der Waals surface area (Å²) in [6.07, 6.45) is 1.18. The smallest absolute Gasteiger partial charge is 0.311 e. The molecule has 0 atom stereocenters. The van der Waals surface area contributed by atoms with E-state index in [0.717, 1.165) is 11.5 Å². The van der Waals surface area contributed by atoms with Crippen LogP contribution in [0.2, 0.25) is 0 Å². The molecule has 12 heavy (non-hydrogen) atoms. The Balaban J connectivity index is 2.58. The zero-order valence-electron chi connectivity index (χ0n) is 7.19. The van der Waals surface area contributed by atoms with Crippen molar-refractivity contribution in [1.82, 2.24) is 0 Å². The highest BCUT2D eigenvalue weighted by Gasteiger charge is 2.36. The van der Waals surface area contributed by atoms with E-state index in [1.807, 2.05) is 0 Å². The van der Waals surface area contributed by atoms with E-state index < -0.39 is 7.60 Å². The van der Waals surface area contributed by atoms with E-state index in [1.165, 1.54) is 20.6 Å². The standard InChI is InChI=1S/C6H13O3PS2/c1-8-10(7,9-2)6-11-4-3-5-12-6/h6H,3-5H2,1-2H3. The first-order chi connectivity index (χ1) is 5.73. The monoisotopic (exact) mass is 228 g/mol. The fraction of sp³-hybridized carbons (Fsp3) is 1.00. The van der Waals surface area contributed by atoms with Crippen molar-refractivity contribution in [3.8, 4) is 0 Å². The van der Waals surface area contributed by atoms with Crippen LogP contribution in [0, 0.1) is 0 Å². The maximum Gasteiger partial charge on any atom is 0.352 e. The SMILES string of the molecule is COP(=O)(OC)C1SCCCS1. The molecule has 0 amide bonds. The number of rotatable bonds is 3. The molecule has 3 nitrogen and oxygen atoms in total. The van der Waals surface area contributed by atoms with Gasteiger partial charge in [0.25, 0.3) is 0 Å². The molecule has 1 rings (SSSR count). The molecule has 0 unspecified atom stereocenters. The van der Waals surface area contributed by atoms with Gasteiger partial charge in [0.2, 0.25) is 0 Å². The van der Waals surface area contributed by atoms with Crippen molar-refractivity contribution in [2.75, 3.05) is 25.7 Å². The Kier molecular flexibility index (Phi) is 4.47. The van der Waals surface area contributed by atoms with Gasteiger partial charge in [0.1, 0.15) is 0 Å². The van der Waals surface area contributed by atoms with E-state index in [1.54, 1.807) is 23.5 Å². The van der Waals surface area contributed by atoms with Crippen molar-refractivity contribution in [2.24, 2.45) is 0 Å². The molecular weight excluding hydrogens is 215 g/mol. The summed E-state index contributed by atoms with van der Waals surface area (Å²) >= 11 is 3.34. The minimum atomic E-state index is -2.83. The Hall–Kier alpha value is 0.850. The van der Waals surface area contributed by atoms with E-state index in [9.17, 15) is 4.57 Å². The van der Waals surface area contributed by atoms with Crippen LogP contribution in [0.25, 0.3) is 0 Å². The Morgan fingerprint density at radius 3 is 2.17 bits per heavy atom. The number of hydrogen-bond acceptors (Lipinski definition) is 5. The first-order valence-corrected chi connectivity index (χ1v) is 7.38. The average Bonchev–Trinajstić information content (AvgIpc) is 2.18. The minimum absolute atomic E-state index is 0.0266. The van der Waals surface area contributed by atoms with E-state index in [-0.39, 0.29) is 4.32 Å². The molecule has 1 aliphatic heterocycles. The third kappa shape index (κ3) is 2.42. The van der Waals surface area contributed by atoms with Gasteiger partial charge in [-0.25, -0.2) is 0 Å². The van der Waals surface area contributed by atoms with Gasteiger partial charge in [-0.15, -0.1) is 23.5 Å². The van der Waals surface area contributed by atoms with Gasteiger partial charge < -0.3 is 9.05 Å². The molecular formula is C6H13O3PS2. The van der Waals surface area contributed by atoms with Crippen molar-refractivity contribution in [3.05, 3.63) is 0 Å². The zero-order valence-corrected chi connectivity index (χ0v) is 9.71. The highest BCUT2D eigenvalue weighted by Crippen LogP contribution is 2.61. The van der Waals surface area contributed by atoms with E-state index in [0.29, 0.717) is 0 Å². The lowest BCUT2D eigenvalue weighted by Crippen LogP contribution is -2.09. The van der Waals surface area contributed by atoms with Crippen molar-refractivity contribution >= 4 is 31.1 Å². The second kappa shape index (κ2) is 4.91. The lowest BCUT2D eigenvalue weighted by atomic mass is 10.6. The summed E-state index contributed by atoms with van der Waals surface area (Å²) in [7, 11) is 0.0583. The summed E-state index contributed by atoms with van der Waals surface area (Å²) < 4.78 is 21.6. The molecule has 0 spiro atoms. The predicted molar refractivity (Wildman–Crippen MR) is 54.9 cm³/mol. The topological polar surface area (TPSA) is 35.5 Å². The van der Waals surface area contributed by atoms with Crippen LogP contribution in [0.1, 0.15) is 6.42 Å². The fourth-order valence-corrected chi connectivity index (χ4v) is 6.69. The molecule has 0 aliphatic carbocycles. The molecule has 6 heteroatoms. The van der Waals surface area contributed by atoms with Gasteiger partial charge in [-0.2, -0.15) is 0 Å². The molecule has 1 saturated heterocycles. The second-order valence-electron chi connectivity index (χ2n) is 2.31. The second-order valence-corrected chi connectivity index (χ2v) is 8.06. The van der Waals surface area contributed by atoms with Gasteiger partial charge >= 0.3 is 7.60 Å². The summed E-state index contributed by atoms with van der Waals surface area (Å²) in [5.74, 6) is 2.10. The maximum atomic E-state index is 11.8. The van der Waals surface area contributed by atoms with Crippen LogP contribution in [-0.2, 0) is 13.6 Å². The molecule has 0 radical (unpaired) electrons. The molecule has 72 valence electrons. The van der Waals surface area contributed by atoms with Crippen LogP contribution in [0.3, 0.4) is 0 Å². The van der Waals surface area contributed by atoms with Gasteiger partial charge in [-0.05, 0) is 17.9 Å². The van der Waals surface area contributed by atoms with Crippen molar-refractivity contribution < 1.29 is 13.6 Å². The van der Waals surface area contributed by atoms with Crippen molar-refractivity contribution in [1.29, 1.82) is 0 Å². The third-order valence-electron chi connectivity index (χ3n) is 1.58. The van der Waals surface area contributed by atoms with Crippen LogP contribution >= 0.6 is 31.1 Å². The predicted octanol–water partition coefficient (Wildman–Crippen LogP) is 2.63. The van der Waals surface area contributed by atoms with Gasteiger partial charge in [-0.3, -0.25) is 4.57 Å². The van der Waals surface area contributed by atoms with Gasteiger partial charge in [0.15, 0.2) is 4.32 Å². The molecule has 0 bridgehead atoms. The Morgan fingerprint density at radius 1 is 1.25 bits per heavy atom. The Morgan fingerprint density at radius 2 is 1.75 bits per heavy atom. The largest absolute Gasteiger partial charge is 0.352 e. The van der Waals surface area contributed by atoms with Crippen molar-refractivity contribution in [3.63, 3.8) is 0 Å². The molecule has 1 aliphatic rings. The maximum absolute atomic E-state index is 11.8. The van der Waals surface area contributed by atoms with Gasteiger partial charge in [-0.1, -0.05) is 0 Å². The summed E-state index contributed by atoms with van der Waals surface area (Å²) in [4.78, 5) is 0. The summed E-state index contributed by atoms with van der Waals surface area (Å²) in [5, 5.41) is 0. The van der Waals surface area contributed by atoms with Gasteiger partial charge in [0.05, 0.1) is 0 Å². The number of hydrogen-bond donors (Lipinski definition) is 0. The van der Waals surface area contributed by atoms with Gasteiger partial charge in [0, 0.05) is 14.2 Å². The van der Waals surface area contributed by atoms with E-state index in [2.05, 4.69) is 0 Å². The first kappa shape index (κ1) is 10.9. The summed E-state index contributed by atoms with van der Waals surface area (Å²) in [6, 6.07) is 0. The number of thioether (sulfide) groups is 2. The van der Waals surface area contributed by atoms with E-state index >= 15 is 0 Å². The molecule has 0 aromatic carbocycles. The fourth-order valence-electron chi connectivity index (χ4n) is 0.905. The molecule has 1 fully saturated rings. The highest BCUT2D eigenvalue weighted by atomic mass is 32.2. The highest BCUT2D eigenvalue weighted by molar-refractivity contribution is 8.24. The molecule has 0 aromatic rings.